The van der Waals surface area contributed by atoms with Crippen LogP contribution >= 0.6 is 23.4 Å². The number of anilines is 1. The van der Waals surface area contributed by atoms with Gasteiger partial charge in [0.05, 0.1) is 10.6 Å². The highest BCUT2D eigenvalue weighted by Gasteiger charge is 2.36. The topological polar surface area (TPSA) is 62.6 Å². The molecule has 8 heteroatoms. The molecule has 3 amide bonds. The van der Waals surface area contributed by atoms with Gasteiger partial charge in [-0.3, -0.25) is 14.4 Å². The Hall–Kier alpha value is -3.03. The zero-order valence-corrected chi connectivity index (χ0v) is 19.4. The molecule has 33 heavy (non-hydrogen) atoms. The fourth-order valence-electron chi connectivity index (χ4n) is 4.36. The highest BCUT2D eigenvalue weighted by atomic mass is 35.5. The van der Waals surface area contributed by atoms with Gasteiger partial charge in [0.25, 0.3) is 11.1 Å². The van der Waals surface area contributed by atoms with Crippen LogP contribution < -0.4 is 4.90 Å². The monoisotopic (exact) mass is 479 g/mol. The lowest BCUT2D eigenvalue weighted by Crippen LogP contribution is -2.37. The summed E-state index contributed by atoms with van der Waals surface area (Å²) in [6.45, 7) is 1.86. The molecule has 0 aliphatic carbocycles. The Morgan fingerprint density at radius 1 is 1.03 bits per heavy atom. The maximum atomic E-state index is 13.1. The summed E-state index contributed by atoms with van der Waals surface area (Å²) in [5.41, 5.74) is 2.17. The Kier molecular flexibility index (Phi) is 6.00. The highest BCUT2D eigenvalue weighted by Crippen LogP contribution is 2.37. The van der Waals surface area contributed by atoms with Crippen LogP contribution in [-0.4, -0.2) is 39.6 Å². The summed E-state index contributed by atoms with van der Waals surface area (Å²) in [6.07, 6.45) is 6.89. The van der Waals surface area contributed by atoms with Gasteiger partial charge in [-0.05, 0) is 61.4 Å². The molecule has 0 N–H and O–H groups in total. The molecule has 5 rings (SSSR count). The molecule has 0 saturated carbocycles. The van der Waals surface area contributed by atoms with E-state index in [0.717, 1.165) is 59.1 Å². The highest BCUT2D eigenvalue weighted by molar-refractivity contribution is 8.19. The average molecular weight is 480 g/mol. The van der Waals surface area contributed by atoms with E-state index < -0.39 is 0 Å². The van der Waals surface area contributed by atoms with E-state index in [-0.39, 0.29) is 23.6 Å². The van der Waals surface area contributed by atoms with E-state index in [1.165, 1.54) is 6.42 Å². The number of hydrogen-bond acceptors (Lipinski definition) is 4. The van der Waals surface area contributed by atoms with Crippen molar-refractivity contribution in [1.29, 1.82) is 0 Å². The fourth-order valence-corrected chi connectivity index (χ4v) is 5.37. The van der Waals surface area contributed by atoms with Gasteiger partial charge in [0.2, 0.25) is 5.91 Å². The second kappa shape index (κ2) is 9.08. The van der Waals surface area contributed by atoms with E-state index >= 15 is 0 Å². The van der Waals surface area contributed by atoms with Crippen LogP contribution in [0.25, 0.3) is 17.0 Å². The smallest absolute Gasteiger partial charge is 0.298 e. The van der Waals surface area contributed by atoms with Gasteiger partial charge in [-0.15, -0.1) is 0 Å². The van der Waals surface area contributed by atoms with Crippen molar-refractivity contribution in [3.8, 4) is 0 Å². The number of hydrogen-bond donors (Lipinski definition) is 0. The van der Waals surface area contributed by atoms with E-state index in [1.54, 1.807) is 30.3 Å². The van der Waals surface area contributed by atoms with Gasteiger partial charge >= 0.3 is 0 Å². The van der Waals surface area contributed by atoms with Gasteiger partial charge in [-0.1, -0.05) is 35.9 Å². The van der Waals surface area contributed by atoms with Gasteiger partial charge in [0, 0.05) is 40.8 Å². The molecule has 0 atom stereocenters. The van der Waals surface area contributed by atoms with Gasteiger partial charge in [0.15, 0.2) is 0 Å². The maximum Gasteiger partial charge on any atom is 0.298 e. The first-order valence-electron chi connectivity index (χ1n) is 10.9. The number of fused-ring (bicyclic) bond motifs is 1. The Morgan fingerprint density at radius 3 is 2.61 bits per heavy atom. The van der Waals surface area contributed by atoms with Crippen LogP contribution in [0.3, 0.4) is 0 Å². The number of halogens is 1. The SMILES string of the molecule is O=C(Cn1cc(/C=C2\SC(=O)N(c3cccc(Cl)c3)C2=O)c2ccccc21)N1CCCCC1. The van der Waals surface area contributed by atoms with Crippen LogP contribution in [-0.2, 0) is 16.1 Å². The Labute approximate surface area is 200 Å². The number of piperidine rings is 1. The number of thioether (sulfide) groups is 1. The fraction of sp³-hybridized carbons (Fsp3) is 0.240. The summed E-state index contributed by atoms with van der Waals surface area (Å²) >= 11 is 6.95. The Balaban J connectivity index is 1.46. The number of imide groups is 1. The molecule has 2 saturated heterocycles. The van der Waals surface area contributed by atoms with Crippen molar-refractivity contribution in [2.75, 3.05) is 18.0 Å². The van der Waals surface area contributed by atoms with Crippen molar-refractivity contribution < 1.29 is 14.4 Å². The standard InChI is InChI=1S/C25H22ClN3O3S/c26-18-7-6-8-19(14-18)29-24(31)22(33-25(29)32)13-17-15-28(21-10-3-2-9-20(17)21)16-23(30)27-11-4-1-5-12-27/h2-3,6-10,13-15H,1,4-5,11-12,16H2/b22-13-. The van der Waals surface area contributed by atoms with Crippen molar-refractivity contribution >= 4 is 63.1 Å². The first kappa shape index (κ1) is 21.8. The zero-order chi connectivity index (χ0) is 22.9. The third-order valence-electron chi connectivity index (χ3n) is 5.98. The molecule has 2 aliphatic rings. The van der Waals surface area contributed by atoms with Crippen LogP contribution in [0.15, 0.2) is 59.6 Å². The Bertz CT molecular complexity index is 1290. The van der Waals surface area contributed by atoms with Gasteiger partial charge in [-0.25, -0.2) is 4.90 Å². The number of likely N-dealkylation sites (tertiary alicyclic amines) is 1. The van der Waals surface area contributed by atoms with Crippen molar-refractivity contribution in [2.24, 2.45) is 0 Å². The van der Waals surface area contributed by atoms with Crippen LogP contribution in [0.5, 0.6) is 0 Å². The van der Waals surface area contributed by atoms with Gasteiger partial charge in [0.1, 0.15) is 6.54 Å². The number of nitrogens with zero attached hydrogens (tertiary/aromatic N) is 3. The normalized spacial score (nSPS) is 18.0. The lowest BCUT2D eigenvalue weighted by molar-refractivity contribution is -0.132. The molecule has 2 fully saturated rings. The number of carbonyl (C=O) groups excluding carboxylic acids is 3. The van der Waals surface area contributed by atoms with Crippen molar-refractivity contribution in [2.45, 2.75) is 25.8 Å². The lowest BCUT2D eigenvalue weighted by atomic mass is 10.1. The molecule has 0 bridgehead atoms. The molecule has 0 radical (unpaired) electrons. The van der Waals surface area contributed by atoms with Crippen molar-refractivity contribution in [3.63, 3.8) is 0 Å². The summed E-state index contributed by atoms with van der Waals surface area (Å²) in [7, 11) is 0. The van der Waals surface area contributed by atoms with Crippen molar-refractivity contribution in [3.05, 3.63) is 70.2 Å². The van der Waals surface area contributed by atoms with E-state index in [1.807, 2.05) is 39.9 Å². The van der Waals surface area contributed by atoms with Crippen LogP contribution in [0, 0.1) is 0 Å². The summed E-state index contributed by atoms with van der Waals surface area (Å²) in [4.78, 5) is 41.9. The minimum atomic E-state index is -0.381. The number of rotatable bonds is 4. The lowest BCUT2D eigenvalue weighted by Gasteiger charge is -2.27. The number of amides is 3. The quantitative estimate of drug-likeness (QED) is 0.460. The van der Waals surface area contributed by atoms with Gasteiger partial charge in [-0.2, -0.15) is 0 Å². The summed E-state index contributed by atoms with van der Waals surface area (Å²) in [6, 6.07) is 14.5. The van der Waals surface area contributed by atoms with Crippen LogP contribution in [0.2, 0.25) is 5.02 Å². The zero-order valence-electron chi connectivity index (χ0n) is 17.9. The summed E-state index contributed by atoms with van der Waals surface area (Å²) in [5, 5.41) is 1.02. The first-order chi connectivity index (χ1) is 16.0. The molecular weight excluding hydrogens is 458 g/mol. The molecule has 0 spiro atoms. The third kappa shape index (κ3) is 4.30. The second-order valence-corrected chi connectivity index (χ2v) is 9.60. The third-order valence-corrected chi connectivity index (χ3v) is 7.09. The molecule has 3 aromatic rings. The number of carbonyl (C=O) groups is 3. The van der Waals surface area contributed by atoms with E-state index in [2.05, 4.69) is 0 Å². The summed E-state index contributed by atoms with van der Waals surface area (Å²) in [5.74, 6) is -0.281. The summed E-state index contributed by atoms with van der Waals surface area (Å²) < 4.78 is 1.93. The van der Waals surface area contributed by atoms with Crippen molar-refractivity contribution in [1.82, 2.24) is 9.47 Å². The van der Waals surface area contributed by atoms with E-state index in [0.29, 0.717) is 15.6 Å². The second-order valence-electron chi connectivity index (χ2n) is 8.17. The largest absolute Gasteiger partial charge is 0.341 e. The van der Waals surface area contributed by atoms with E-state index in [4.69, 9.17) is 11.6 Å². The molecule has 1 aromatic heterocycles. The van der Waals surface area contributed by atoms with Gasteiger partial charge < -0.3 is 9.47 Å². The predicted molar refractivity (Wildman–Crippen MR) is 132 cm³/mol. The molecule has 6 nitrogen and oxygen atoms in total. The molecule has 0 unspecified atom stereocenters. The maximum absolute atomic E-state index is 13.1. The minimum Gasteiger partial charge on any atom is -0.341 e. The van der Waals surface area contributed by atoms with E-state index in [9.17, 15) is 14.4 Å². The molecule has 2 aliphatic heterocycles. The van der Waals surface area contributed by atoms with Crippen LogP contribution in [0.4, 0.5) is 10.5 Å². The molecule has 2 aromatic carbocycles. The number of aromatic nitrogens is 1. The average Bonchev–Trinajstić information content (AvgIpc) is 3.30. The number of benzene rings is 2. The molecule has 168 valence electrons. The molecule has 3 heterocycles. The Morgan fingerprint density at radius 2 is 1.82 bits per heavy atom. The minimum absolute atomic E-state index is 0.100. The van der Waals surface area contributed by atoms with Crippen LogP contribution in [0.1, 0.15) is 24.8 Å². The molecular formula is C25H22ClN3O3S. The number of para-hydroxylation sites is 1. The first-order valence-corrected chi connectivity index (χ1v) is 12.1. The predicted octanol–water partition coefficient (Wildman–Crippen LogP) is 5.55.